The summed E-state index contributed by atoms with van der Waals surface area (Å²) in [7, 11) is 0. The molecule has 0 aliphatic carbocycles. The van der Waals surface area contributed by atoms with E-state index in [9.17, 15) is 9.59 Å². The third-order valence-electron chi connectivity index (χ3n) is 2.69. The van der Waals surface area contributed by atoms with Crippen molar-refractivity contribution in [1.29, 1.82) is 0 Å². The van der Waals surface area contributed by atoms with Crippen LogP contribution in [-0.4, -0.2) is 23.0 Å². The predicted molar refractivity (Wildman–Crippen MR) is 72.9 cm³/mol. The predicted octanol–water partition coefficient (Wildman–Crippen LogP) is 2.65. The maximum absolute atomic E-state index is 11.8. The molecule has 1 heterocycles. The zero-order valence-electron chi connectivity index (χ0n) is 11.1. The summed E-state index contributed by atoms with van der Waals surface area (Å²) < 4.78 is 5.06. The molecule has 0 saturated carbocycles. The van der Waals surface area contributed by atoms with Crippen LogP contribution in [0.3, 0.4) is 0 Å². The van der Waals surface area contributed by atoms with Crippen LogP contribution in [0.4, 0.5) is 5.69 Å². The smallest absolute Gasteiger partial charge is 0.309 e. The molecule has 1 rings (SSSR count). The van der Waals surface area contributed by atoms with Crippen molar-refractivity contribution in [2.45, 2.75) is 33.3 Å². The normalized spacial score (nSPS) is 13.5. The van der Waals surface area contributed by atoms with Crippen LogP contribution in [0.1, 0.15) is 27.2 Å². The van der Waals surface area contributed by atoms with Gasteiger partial charge < -0.3 is 10.1 Å². The number of amides is 1. The lowest BCUT2D eigenvalue weighted by Crippen LogP contribution is -2.31. The highest BCUT2D eigenvalue weighted by Gasteiger charge is 2.21. The Morgan fingerprint density at radius 2 is 2.16 bits per heavy atom. The molecule has 19 heavy (non-hydrogen) atoms. The molecule has 104 valence electrons. The van der Waals surface area contributed by atoms with Crippen LogP contribution in [0, 0.1) is 5.92 Å². The molecule has 0 radical (unpaired) electrons. The summed E-state index contributed by atoms with van der Waals surface area (Å²) in [6.45, 7) is 5.15. The van der Waals surface area contributed by atoms with E-state index in [0.717, 1.165) is 0 Å². The second kappa shape index (κ2) is 7.09. The summed E-state index contributed by atoms with van der Waals surface area (Å²) in [6, 6.07) is 3.27. The Hall–Kier alpha value is -1.62. The van der Waals surface area contributed by atoms with Crippen LogP contribution in [0.15, 0.2) is 18.3 Å². The lowest BCUT2D eigenvalue weighted by atomic mass is 10.1. The van der Waals surface area contributed by atoms with E-state index in [1.54, 1.807) is 19.1 Å². The number of pyridine rings is 1. The van der Waals surface area contributed by atoms with Gasteiger partial charge in [-0.3, -0.25) is 9.59 Å². The summed E-state index contributed by atoms with van der Waals surface area (Å²) in [4.78, 5) is 27.2. The number of nitrogens with zero attached hydrogens (tertiary/aromatic N) is 1. The molecule has 0 aromatic carbocycles. The van der Waals surface area contributed by atoms with Gasteiger partial charge in [-0.15, -0.1) is 0 Å². The van der Waals surface area contributed by atoms with Crippen LogP contribution in [-0.2, 0) is 14.3 Å². The van der Waals surface area contributed by atoms with Crippen molar-refractivity contribution in [2.75, 3.05) is 5.32 Å². The minimum absolute atomic E-state index is 0.191. The molecular weight excluding hydrogens is 268 g/mol. The Morgan fingerprint density at radius 1 is 1.47 bits per heavy atom. The number of esters is 1. The molecule has 1 aromatic heterocycles. The number of hydrogen-bond donors (Lipinski definition) is 1. The molecule has 1 amide bonds. The largest absolute Gasteiger partial charge is 0.452 e. The zero-order chi connectivity index (χ0) is 14.4. The highest BCUT2D eigenvalue weighted by atomic mass is 35.5. The number of rotatable bonds is 5. The van der Waals surface area contributed by atoms with E-state index in [1.807, 2.05) is 6.92 Å². The standard InChI is InChI=1S/C13H17ClN2O3/c1-4-8(2)13(18)19-9(3)12(17)16-10-6-5-7-15-11(10)14/h5-9H,4H2,1-3H3,(H,16,17). The third kappa shape index (κ3) is 4.52. The number of carbonyl (C=O) groups is 2. The lowest BCUT2D eigenvalue weighted by Gasteiger charge is -2.16. The minimum atomic E-state index is -0.877. The molecular formula is C13H17ClN2O3. The minimum Gasteiger partial charge on any atom is -0.452 e. The van der Waals surface area contributed by atoms with E-state index in [4.69, 9.17) is 16.3 Å². The molecule has 1 N–H and O–H groups in total. The van der Waals surface area contributed by atoms with E-state index in [2.05, 4.69) is 10.3 Å². The molecule has 0 aliphatic heterocycles. The quantitative estimate of drug-likeness (QED) is 0.667. The number of nitrogens with one attached hydrogen (secondary N) is 1. The van der Waals surface area contributed by atoms with Gasteiger partial charge in [0.1, 0.15) is 0 Å². The summed E-state index contributed by atoms with van der Waals surface area (Å²) in [5.74, 6) is -1.05. The van der Waals surface area contributed by atoms with E-state index in [1.165, 1.54) is 13.1 Å². The number of carbonyl (C=O) groups excluding carboxylic acids is 2. The van der Waals surface area contributed by atoms with Crippen molar-refractivity contribution < 1.29 is 14.3 Å². The van der Waals surface area contributed by atoms with E-state index >= 15 is 0 Å². The first kappa shape index (κ1) is 15.4. The van der Waals surface area contributed by atoms with Crippen molar-refractivity contribution in [3.8, 4) is 0 Å². The van der Waals surface area contributed by atoms with Gasteiger partial charge in [-0.2, -0.15) is 0 Å². The molecule has 1 aromatic rings. The van der Waals surface area contributed by atoms with Gasteiger partial charge in [0.2, 0.25) is 0 Å². The molecule has 0 fully saturated rings. The monoisotopic (exact) mass is 284 g/mol. The first-order valence-electron chi connectivity index (χ1n) is 6.07. The maximum atomic E-state index is 11.8. The Bertz CT molecular complexity index is 465. The van der Waals surface area contributed by atoms with Crippen LogP contribution in [0.25, 0.3) is 0 Å². The molecule has 6 heteroatoms. The van der Waals surface area contributed by atoms with Crippen LogP contribution < -0.4 is 5.32 Å². The average Bonchev–Trinajstić information content (AvgIpc) is 2.40. The highest BCUT2D eigenvalue weighted by molar-refractivity contribution is 6.32. The first-order valence-corrected chi connectivity index (χ1v) is 6.45. The van der Waals surface area contributed by atoms with Gasteiger partial charge in [-0.05, 0) is 25.5 Å². The van der Waals surface area contributed by atoms with Crippen molar-refractivity contribution in [3.05, 3.63) is 23.5 Å². The fourth-order valence-electron chi connectivity index (χ4n) is 1.22. The number of halogens is 1. The summed E-state index contributed by atoms with van der Waals surface area (Å²) in [5, 5.41) is 2.75. The second-order valence-electron chi connectivity index (χ2n) is 4.22. The van der Waals surface area contributed by atoms with Crippen molar-refractivity contribution >= 4 is 29.2 Å². The SMILES string of the molecule is CCC(C)C(=O)OC(C)C(=O)Nc1cccnc1Cl. The van der Waals surface area contributed by atoms with Crippen LogP contribution in [0.2, 0.25) is 5.15 Å². The van der Waals surface area contributed by atoms with Crippen molar-refractivity contribution in [1.82, 2.24) is 4.98 Å². The first-order chi connectivity index (χ1) is 8.95. The van der Waals surface area contributed by atoms with Gasteiger partial charge in [0, 0.05) is 6.20 Å². The van der Waals surface area contributed by atoms with Crippen molar-refractivity contribution in [2.24, 2.45) is 5.92 Å². The summed E-state index contributed by atoms with van der Waals surface area (Å²) in [5.41, 5.74) is 0.389. The number of anilines is 1. The molecule has 0 aliphatic rings. The number of aromatic nitrogens is 1. The van der Waals surface area contributed by atoms with Crippen LogP contribution >= 0.6 is 11.6 Å². The third-order valence-corrected chi connectivity index (χ3v) is 3.00. The van der Waals surface area contributed by atoms with Gasteiger partial charge in [0.05, 0.1) is 11.6 Å². The van der Waals surface area contributed by atoms with E-state index < -0.39 is 12.0 Å². The van der Waals surface area contributed by atoms with E-state index in [-0.39, 0.29) is 17.0 Å². The molecule has 2 unspecified atom stereocenters. The Balaban J connectivity index is 2.59. The number of ether oxygens (including phenoxy) is 1. The molecule has 0 saturated heterocycles. The second-order valence-corrected chi connectivity index (χ2v) is 4.58. The van der Waals surface area contributed by atoms with E-state index in [0.29, 0.717) is 12.1 Å². The van der Waals surface area contributed by atoms with Gasteiger partial charge >= 0.3 is 5.97 Å². The fraction of sp³-hybridized carbons (Fsp3) is 0.462. The van der Waals surface area contributed by atoms with Gasteiger partial charge in [0.15, 0.2) is 11.3 Å². The molecule has 0 spiro atoms. The maximum Gasteiger partial charge on any atom is 0.309 e. The van der Waals surface area contributed by atoms with Gasteiger partial charge in [-0.25, -0.2) is 4.98 Å². The molecule has 0 bridgehead atoms. The Morgan fingerprint density at radius 3 is 2.74 bits per heavy atom. The highest BCUT2D eigenvalue weighted by Crippen LogP contribution is 2.18. The Kier molecular flexibility index (Phi) is 5.76. The van der Waals surface area contributed by atoms with Crippen LogP contribution in [0.5, 0.6) is 0 Å². The Labute approximate surface area is 117 Å². The zero-order valence-corrected chi connectivity index (χ0v) is 11.9. The average molecular weight is 285 g/mol. The fourth-order valence-corrected chi connectivity index (χ4v) is 1.39. The number of hydrogen-bond acceptors (Lipinski definition) is 4. The summed E-state index contributed by atoms with van der Waals surface area (Å²) in [6.07, 6.45) is 1.31. The van der Waals surface area contributed by atoms with Gasteiger partial charge in [0.25, 0.3) is 5.91 Å². The topological polar surface area (TPSA) is 68.3 Å². The molecule has 2 atom stereocenters. The van der Waals surface area contributed by atoms with Gasteiger partial charge in [-0.1, -0.05) is 25.4 Å². The van der Waals surface area contributed by atoms with Crippen molar-refractivity contribution in [3.63, 3.8) is 0 Å². The summed E-state index contributed by atoms with van der Waals surface area (Å²) >= 11 is 5.82. The lowest BCUT2D eigenvalue weighted by molar-refractivity contribution is -0.156. The molecule has 5 nitrogen and oxygen atoms in total.